The van der Waals surface area contributed by atoms with Crippen LogP contribution in [0, 0.1) is 0 Å². The minimum atomic E-state index is -0.0382. The first-order valence-electron chi connectivity index (χ1n) is 5.66. The summed E-state index contributed by atoms with van der Waals surface area (Å²) in [6.07, 6.45) is 3.24. The second-order valence-corrected chi connectivity index (χ2v) is 6.40. The predicted octanol–water partition coefficient (Wildman–Crippen LogP) is 2.13. The molecule has 2 aromatic rings. The second-order valence-electron chi connectivity index (χ2n) is 5.09. The number of thioether (sulfide) groups is 1. The zero-order valence-electron chi connectivity index (χ0n) is 10.9. The molecule has 2 heterocycles. The molecule has 6 nitrogen and oxygen atoms in total. The van der Waals surface area contributed by atoms with Gasteiger partial charge in [-0.15, -0.1) is 10.2 Å². The third-order valence-electron chi connectivity index (χ3n) is 2.43. The summed E-state index contributed by atoms with van der Waals surface area (Å²) in [5.41, 5.74) is -0.0382. The SMILES string of the molecule is C[C@H](Sc1nncn1N)c1ncc(C(C)(C)C)o1. The molecule has 0 aliphatic rings. The molecule has 0 bridgehead atoms. The third kappa shape index (κ3) is 2.66. The molecular formula is C11H17N5OS. The molecule has 0 aromatic carbocycles. The molecule has 0 aliphatic carbocycles. The summed E-state index contributed by atoms with van der Waals surface area (Å²) in [5, 5.41) is 8.32. The fourth-order valence-electron chi connectivity index (χ4n) is 1.35. The van der Waals surface area contributed by atoms with Crippen LogP contribution < -0.4 is 5.84 Å². The van der Waals surface area contributed by atoms with Crippen molar-refractivity contribution in [1.82, 2.24) is 19.9 Å². The van der Waals surface area contributed by atoms with Crippen LogP contribution in [0.1, 0.15) is 44.6 Å². The number of hydrogen-bond acceptors (Lipinski definition) is 6. The van der Waals surface area contributed by atoms with Gasteiger partial charge in [-0.1, -0.05) is 32.5 Å². The Morgan fingerprint density at radius 1 is 1.44 bits per heavy atom. The minimum absolute atomic E-state index is 0.0348. The van der Waals surface area contributed by atoms with Crippen LogP contribution in [0.25, 0.3) is 0 Å². The number of rotatable bonds is 3. The Morgan fingerprint density at radius 3 is 2.67 bits per heavy atom. The lowest BCUT2D eigenvalue weighted by Gasteiger charge is -2.13. The summed E-state index contributed by atoms with van der Waals surface area (Å²) in [6.45, 7) is 8.26. The molecule has 1 atom stereocenters. The maximum Gasteiger partial charge on any atom is 0.210 e. The Hall–Kier alpha value is -1.50. The fraction of sp³-hybridized carbons (Fsp3) is 0.545. The van der Waals surface area contributed by atoms with Crippen LogP contribution in [0.3, 0.4) is 0 Å². The molecule has 0 radical (unpaired) electrons. The van der Waals surface area contributed by atoms with Gasteiger partial charge in [-0.2, -0.15) is 0 Å². The van der Waals surface area contributed by atoms with Crippen molar-refractivity contribution >= 4 is 11.8 Å². The average Bonchev–Trinajstić information content (AvgIpc) is 2.87. The number of nitrogens with zero attached hydrogens (tertiary/aromatic N) is 4. The summed E-state index contributed by atoms with van der Waals surface area (Å²) in [5.74, 6) is 7.21. The van der Waals surface area contributed by atoms with E-state index >= 15 is 0 Å². The quantitative estimate of drug-likeness (QED) is 0.677. The van der Waals surface area contributed by atoms with Crippen LogP contribution in [0.5, 0.6) is 0 Å². The largest absolute Gasteiger partial charge is 0.444 e. The van der Waals surface area contributed by atoms with E-state index in [4.69, 9.17) is 10.3 Å². The van der Waals surface area contributed by atoms with E-state index < -0.39 is 0 Å². The van der Waals surface area contributed by atoms with Crippen LogP contribution in [0.4, 0.5) is 0 Å². The number of oxazole rings is 1. The summed E-state index contributed by atoms with van der Waals surface area (Å²) in [7, 11) is 0. The van der Waals surface area contributed by atoms with Crippen molar-refractivity contribution < 1.29 is 4.42 Å². The topological polar surface area (TPSA) is 82.8 Å². The Bertz CT molecular complexity index is 528. The first-order valence-corrected chi connectivity index (χ1v) is 6.54. The molecule has 0 fully saturated rings. The maximum atomic E-state index is 5.77. The van der Waals surface area contributed by atoms with Crippen molar-refractivity contribution in [2.24, 2.45) is 0 Å². The molecule has 0 saturated carbocycles. The molecule has 0 spiro atoms. The van der Waals surface area contributed by atoms with E-state index in [0.717, 1.165) is 5.76 Å². The summed E-state index contributed by atoms with van der Waals surface area (Å²) in [6, 6.07) is 0. The Morgan fingerprint density at radius 2 is 2.17 bits per heavy atom. The Balaban J connectivity index is 2.12. The number of nitrogen functional groups attached to an aromatic ring is 1. The lowest BCUT2D eigenvalue weighted by atomic mass is 9.94. The lowest BCUT2D eigenvalue weighted by Crippen LogP contribution is -2.09. The van der Waals surface area contributed by atoms with Gasteiger partial charge in [-0.25, -0.2) is 9.66 Å². The van der Waals surface area contributed by atoms with Crippen LogP contribution in [0.15, 0.2) is 22.1 Å². The van der Waals surface area contributed by atoms with Gasteiger partial charge in [-0.05, 0) is 6.92 Å². The Labute approximate surface area is 110 Å². The van der Waals surface area contributed by atoms with E-state index in [0.29, 0.717) is 11.0 Å². The first-order chi connectivity index (χ1) is 8.38. The van der Waals surface area contributed by atoms with Crippen LogP contribution >= 0.6 is 11.8 Å². The van der Waals surface area contributed by atoms with Crippen molar-refractivity contribution in [2.75, 3.05) is 5.84 Å². The molecule has 0 saturated heterocycles. The number of nitrogens with two attached hydrogens (primary N) is 1. The van der Waals surface area contributed by atoms with Gasteiger partial charge < -0.3 is 10.3 Å². The van der Waals surface area contributed by atoms with E-state index in [1.165, 1.54) is 22.8 Å². The first kappa shape index (κ1) is 12.9. The van der Waals surface area contributed by atoms with E-state index in [2.05, 4.69) is 36.0 Å². The highest BCUT2D eigenvalue weighted by atomic mass is 32.2. The van der Waals surface area contributed by atoms with Crippen molar-refractivity contribution in [3.8, 4) is 0 Å². The molecular weight excluding hydrogens is 250 g/mol. The maximum absolute atomic E-state index is 5.77. The van der Waals surface area contributed by atoms with E-state index in [1.807, 2.05) is 6.92 Å². The highest BCUT2D eigenvalue weighted by Gasteiger charge is 2.22. The summed E-state index contributed by atoms with van der Waals surface area (Å²) >= 11 is 1.46. The second kappa shape index (κ2) is 4.64. The van der Waals surface area contributed by atoms with Crippen molar-refractivity contribution in [3.63, 3.8) is 0 Å². The normalized spacial score (nSPS) is 13.8. The highest BCUT2D eigenvalue weighted by Crippen LogP contribution is 2.34. The van der Waals surface area contributed by atoms with Crippen molar-refractivity contribution in [3.05, 3.63) is 24.2 Å². The zero-order valence-corrected chi connectivity index (χ0v) is 11.7. The highest BCUT2D eigenvalue weighted by molar-refractivity contribution is 7.99. The standard InChI is InChI=1S/C11H17N5OS/c1-7(18-10-15-14-6-16(10)12)9-13-5-8(17-9)11(2,3)4/h5-7H,12H2,1-4H3/t7-/m0/s1. The molecule has 0 amide bonds. The molecule has 2 N–H and O–H groups in total. The molecule has 98 valence electrons. The summed E-state index contributed by atoms with van der Waals surface area (Å²) < 4.78 is 7.15. The van der Waals surface area contributed by atoms with Gasteiger partial charge in [0.1, 0.15) is 12.1 Å². The van der Waals surface area contributed by atoms with Gasteiger partial charge in [0.15, 0.2) is 0 Å². The van der Waals surface area contributed by atoms with Crippen LogP contribution in [0.2, 0.25) is 0 Å². The average molecular weight is 267 g/mol. The zero-order chi connectivity index (χ0) is 13.3. The van der Waals surface area contributed by atoms with Gasteiger partial charge in [0.2, 0.25) is 11.0 Å². The summed E-state index contributed by atoms with van der Waals surface area (Å²) in [4.78, 5) is 4.31. The van der Waals surface area contributed by atoms with Gasteiger partial charge in [-0.3, -0.25) is 0 Å². The molecule has 18 heavy (non-hydrogen) atoms. The fourth-order valence-corrected chi connectivity index (χ4v) is 2.14. The predicted molar refractivity (Wildman–Crippen MR) is 69.6 cm³/mol. The monoisotopic (exact) mass is 267 g/mol. The minimum Gasteiger partial charge on any atom is -0.444 e. The van der Waals surface area contributed by atoms with Crippen molar-refractivity contribution in [2.45, 2.75) is 43.5 Å². The molecule has 2 rings (SSSR count). The van der Waals surface area contributed by atoms with Gasteiger partial charge in [0, 0.05) is 5.41 Å². The number of hydrogen-bond donors (Lipinski definition) is 1. The lowest BCUT2D eigenvalue weighted by molar-refractivity contribution is 0.383. The van der Waals surface area contributed by atoms with E-state index in [-0.39, 0.29) is 10.7 Å². The van der Waals surface area contributed by atoms with Gasteiger partial charge >= 0.3 is 0 Å². The van der Waals surface area contributed by atoms with E-state index in [9.17, 15) is 0 Å². The van der Waals surface area contributed by atoms with E-state index in [1.54, 1.807) is 6.20 Å². The Kier molecular flexibility index (Phi) is 3.34. The third-order valence-corrected chi connectivity index (χ3v) is 3.49. The van der Waals surface area contributed by atoms with Crippen LogP contribution in [-0.4, -0.2) is 19.9 Å². The number of aromatic nitrogens is 4. The van der Waals surface area contributed by atoms with Gasteiger partial charge in [0.25, 0.3) is 0 Å². The molecule has 0 aliphatic heterocycles. The van der Waals surface area contributed by atoms with Crippen LogP contribution in [-0.2, 0) is 5.41 Å². The van der Waals surface area contributed by atoms with Crippen molar-refractivity contribution in [1.29, 1.82) is 0 Å². The molecule has 0 unspecified atom stereocenters. The molecule has 7 heteroatoms. The van der Waals surface area contributed by atoms with Gasteiger partial charge in [0.05, 0.1) is 11.4 Å². The molecule has 2 aromatic heterocycles. The smallest absolute Gasteiger partial charge is 0.210 e.